The van der Waals surface area contributed by atoms with Crippen molar-refractivity contribution >= 4 is 5.69 Å². The molecule has 1 saturated carbocycles. The summed E-state index contributed by atoms with van der Waals surface area (Å²) in [6, 6.07) is 4.23. The molecule has 1 aliphatic heterocycles. The summed E-state index contributed by atoms with van der Waals surface area (Å²) >= 11 is 0. The number of hydrazine groups is 1. The molecule has 2 fully saturated rings. The predicted molar refractivity (Wildman–Crippen MR) is 71.9 cm³/mol. The number of anilines is 1. The van der Waals surface area contributed by atoms with E-state index >= 15 is 0 Å². The third-order valence-corrected chi connectivity index (χ3v) is 4.57. The summed E-state index contributed by atoms with van der Waals surface area (Å²) in [6.45, 7) is 2.04. The second kappa shape index (κ2) is 5.02. The Balaban J connectivity index is 1.94. The van der Waals surface area contributed by atoms with Gasteiger partial charge < -0.3 is 5.01 Å². The van der Waals surface area contributed by atoms with Crippen molar-refractivity contribution in [3.05, 3.63) is 29.3 Å². The van der Waals surface area contributed by atoms with Crippen LogP contribution in [0.15, 0.2) is 12.1 Å². The Bertz CT molecular complexity index is 567. The summed E-state index contributed by atoms with van der Waals surface area (Å²) in [7, 11) is 0. The molecule has 1 heterocycles. The highest BCUT2D eigenvalue weighted by molar-refractivity contribution is 5.53. The standard InChI is InChI=1S/C15H17F2N3/c1-9-11-4-2-3-5-14(11)19-20(9)15-7-12(16)10(8-18)6-13(15)17/h6-7,9,11,14,19H,2-5H2,1H3. The maximum Gasteiger partial charge on any atom is 0.149 e. The monoisotopic (exact) mass is 277 g/mol. The Hall–Kier alpha value is -1.67. The van der Waals surface area contributed by atoms with E-state index in [0.717, 1.165) is 25.0 Å². The van der Waals surface area contributed by atoms with Crippen molar-refractivity contribution in [1.82, 2.24) is 5.43 Å². The zero-order chi connectivity index (χ0) is 14.3. The molecule has 20 heavy (non-hydrogen) atoms. The zero-order valence-corrected chi connectivity index (χ0v) is 11.4. The SMILES string of the molecule is CC1C2CCCCC2NN1c1cc(F)c(C#N)cc1F. The molecule has 1 aromatic rings. The quantitative estimate of drug-likeness (QED) is 0.857. The van der Waals surface area contributed by atoms with Gasteiger partial charge >= 0.3 is 0 Å². The van der Waals surface area contributed by atoms with E-state index in [1.54, 1.807) is 11.1 Å². The van der Waals surface area contributed by atoms with Gasteiger partial charge in [-0.05, 0) is 31.7 Å². The summed E-state index contributed by atoms with van der Waals surface area (Å²) in [5, 5.41) is 10.5. The summed E-state index contributed by atoms with van der Waals surface area (Å²) in [5.74, 6) is -0.754. The number of hydrogen-bond donors (Lipinski definition) is 1. The molecule has 1 aromatic carbocycles. The molecule has 5 heteroatoms. The lowest BCUT2D eigenvalue weighted by molar-refractivity contribution is 0.312. The van der Waals surface area contributed by atoms with Crippen molar-refractivity contribution in [2.75, 3.05) is 5.01 Å². The molecule has 2 aliphatic rings. The molecule has 0 amide bonds. The molecular weight excluding hydrogens is 260 g/mol. The lowest BCUT2D eigenvalue weighted by atomic mass is 9.82. The Kier molecular flexibility index (Phi) is 3.35. The lowest BCUT2D eigenvalue weighted by Crippen LogP contribution is -2.39. The van der Waals surface area contributed by atoms with Crippen LogP contribution in [0.4, 0.5) is 14.5 Å². The highest BCUT2D eigenvalue weighted by Crippen LogP contribution is 2.37. The smallest absolute Gasteiger partial charge is 0.149 e. The fourth-order valence-electron chi connectivity index (χ4n) is 3.48. The first-order chi connectivity index (χ1) is 9.61. The Morgan fingerprint density at radius 1 is 1.25 bits per heavy atom. The molecule has 0 radical (unpaired) electrons. The summed E-state index contributed by atoms with van der Waals surface area (Å²) in [6.07, 6.45) is 4.58. The fourth-order valence-corrected chi connectivity index (χ4v) is 3.48. The first kappa shape index (κ1) is 13.3. The summed E-state index contributed by atoms with van der Waals surface area (Å²) in [5.41, 5.74) is 3.25. The van der Waals surface area contributed by atoms with Gasteiger partial charge in [0.1, 0.15) is 17.7 Å². The van der Waals surface area contributed by atoms with E-state index in [2.05, 4.69) is 5.43 Å². The lowest BCUT2D eigenvalue weighted by Gasteiger charge is -2.26. The fraction of sp³-hybridized carbons (Fsp3) is 0.533. The van der Waals surface area contributed by atoms with Crippen LogP contribution in [-0.2, 0) is 0 Å². The predicted octanol–water partition coefficient (Wildman–Crippen LogP) is 3.11. The second-order valence-electron chi connectivity index (χ2n) is 5.69. The number of rotatable bonds is 1. The molecule has 3 nitrogen and oxygen atoms in total. The first-order valence-corrected chi connectivity index (χ1v) is 7.06. The molecular formula is C15H17F2N3. The minimum absolute atomic E-state index is 0.127. The van der Waals surface area contributed by atoms with Crippen molar-refractivity contribution in [3.63, 3.8) is 0 Å². The molecule has 1 N–H and O–H groups in total. The highest BCUT2D eigenvalue weighted by Gasteiger charge is 2.41. The first-order valence-electron chi connectivity index (χ1n) is 7.06. The van der Waals surface area contributed by atoms with Crippen LogP contribution >= 0.6 is 0 Å². The average Bonchev–Trinajstić information content (AvgIpc) is 2.78. The van der Waals surface area contributed by atoms with Crippen molar-refractivity contribution in [3.8, 4) is 6.07 Å². The molecule has 1 aliphatic carbocycles. The second-order valence-corrected chi connectivity index (χ2v) is 5.69. The van der Waals surface area contributed by atoms with Crippen LogP contribution in [0, 0.1) is 28.9 Å². The Morgan fingerprint density at radius 3 is 2.70 bits per heavy atom. The third kappa shape index (κ3) is 2.04. The van der Waals surface area contributed by atoms with Gasteiger partial charge in [-0.15, -0.1) is 0 Å². The van der Waals surface area contributed by atoms with Gasteiger partial charge in [0.2, 0.25) is 0 Å². The Labute approximate surface area is 117 Å². The molecule has 0 bridgehead atoms. The molecule has 3 unspecified atom stereocenters. The van der Waals surface area contributed by atoms with E-state index in [1.807, 2.05) is 6.92 Å². The molecule has 3 rings (SSSR count). The summed E-state index contributed by atoms with van der Waals surface area (Å²) in [4.78, 5) is 0. The minimum Gasteiger partial charge on any atom is -0.302 e. The summed E-state index contributed by atoms with van der Waals surface area (Å²) < 4.78 is 27.9. The van der Waals surface area contributed by atoms with Gasteiger partial charge in [-0.1, -0.05) is 12.8 Å². The largest absolute Gasteiger partial charge is 0.302 e. The molecule has 3 atom stereocenters. The molecule has 0 aromatic heterocycles. The van der Waals surface area contributed by atoms with E-state index in [0.29, 0.717) is 12.0 Å². The topological polar surface area (TPSA) is 39.1 Å². The van der Waals surface area contributed by atoms with Crippen LogP contribution in [0.5, 0.6) is 0 Å². The van der Waals surface area contributed by atoms with Crippen molar-refractivity contribution in [1.29, 1.82) is 5.26 Å². The number of benzene rings is 1. The number of nitriles is 1. The van der Waals surface area contributed by atoms with Crippen LogP contribution in [0.2, 0.25) is 0 Å². The van der Waals surface area contributed by atoms with E-state index in [9.17, 15) is 8.78 Å². The van der Waals surface area contributed by atoms with Crippen molar-refractivity contribution in [2.24, 2.45) is 5.92 Å². The van der Waals surface area contributed by atoms with Gasteiger partial charge in [0.25, 0.3) is 0 Å². The Morgan fingerprint density at radius 2 is 2.00 bits per heavy atom. The molecule has 106 valence electrons. The van der Waals surface area contributed by atoms with Crippen LogP contribution in [0.3, 0.4) is 0 Å². The normalized spacial score (nSPS) is 29.1. The van der Waals surface area contributed by atoms with E-state index < -0.39 is 11.6 Å². The van der Waals surface area contributed by atoms with Gasteiger partial charge in [0.05, 0.1) is 11.3 Å². The van der Waals surface area contributed by atoms with Gasteiger partial charge in [-0.2, -0.15) is 5.26 Å². The van der Waals surface area contributed by atoms with Crippen LogP contribution in [0.25, 0.3) is 0 Å². The minimum atomic E-state index is -0.673. The van der Waals surface area contributed by atoms with Crippen LogP contribution in [-0.4, -0.2) is 12.1 Å². The zero-order valence-electron chi connectivity index (χ0n) is 11.4. The van der Waals surface area contributed by atoms with E-state index in [-0.39, 0.29) is 17.3 Å². The molecule has 1 saturated heterocycles. The number of halogens is 2. The van der Waals surface area contributed by atoms with Gasteiger partial charge in [0.15, 0.2) is 0 Å². The van der Waals surface area contributed by atoms with E-state index in [4.69, 9.17) is 5.26 Å². The average molecular weight is 277 g/mol. The van der Waals surface area contributed by atoms with Crippen molar-refractivity contribution < 1.29 is 8.78 Å². The number of hydrogen-bond acceptors (Lipinski definition) is 3. The van der Waals surface area contributed by atoms with Gasteiger partial charge in [-0.3, -0.25) is 0 Å². The maximum atomic E-state index is 14.1. The van der Waals surface area contributed by atoms with Crippen LogP contribution in [0.1, 0.15) is 38.2 Å². The third-order valence-electron chi connectivity index (χ3n) is 4.57. The number of nitrogens with zero attached hydrogens (tertiary/aromatic N) is 2. The highest BCUT2D eigenvalue weighted by atomic mass is 19.1. The maximum absolute atomic E-state index is 14.1. The van der Waals surface area contributed by atoms with E-state index in [1.165, 1.54) is 12.8 Å². The number of fused-ring (bicyclic) bond motifs is 1. The van der Waals surface area contributed by atoms with Gasteiger partial charge in [-0.25, -0.2) is 14.2 Å². The molecule has 0 spiro atoms. The van der Waals surface area contributed by atoms with Crippen LogP contribution < -0.4 is 10.4 Å². The number of nitrogens with one attached hydrogen (secondary N) is 1. The van der Waals surface area contributed by atoms with Crippen molar-refractivity contribution in [2.45, 2.75) is 44.7 Å². The van der Waals surface area contributed by atoms with Gasteiger partial charge in [0, 0.05) is 18.2 Å².